The predicted octanol–water partition coefficient (Wildman–Crippen LogP) is 4.66. The van der Waals surface area contributed by atoms with Crippen molar-refractivity contribution >= 4 is 0 Å². The summed E-state index contributed by atoms with van der Waals surface area (Å²) in [7, 11) is 0. The number of hydrogen-bond donors (Lipinski definition) is 0. The molecule has 0 atom stereocenters. The Balaban J connectivity index is 0. The van der Waals surface area contributed by atoms with Crippen molar-refractivity contribution in [3.63, 3.8) is 0 Å². The highest BCUT2D eigenvalue weighted by Gasteiger charge is 2.95. The zero-order valence-electron chi connectivity index (χ0n) is 18.5. The van der Waals surface area contributed by atoms with E-state index in [4.69, 9.17) is 0 Å². The first-order valence-electron chi connectivity index (χ1n) is 9.70. The lowest BCUT2D eigenvalue weighted by Gasteiger charge is -2.43. The molecule has 0 spiro atoms. The van der Waals surface area contributed by atoms with Crippen molar-refractivity contribution < 1.29 is 96.1 Å². The van der Waals surface area contributed by atoms with Gasteiger partial charge in [-0.1, -0.05) is 0 Å². The third-order valence-corrected chi connectivity index (χ3v) is 5.92. The number of rotatable bonds is 13. The average Bonchev–Trinajstić information content (AvgIpc) is 2.69. The second kappa shape index (κ2) is 10.8. The molecule has 0 aliphatic heterocycles. The molecule has 0 aromatic carbocycles. The third-order valence-electron chi connectivity index (χ3n) is 5.92. The summed E-state index contributed by atoms with van der Waals surface area (Å²) in [5.41, 5.74) is 0. The Morgan fingerprint density at radius 1 is 0.444 bits per heavy atom. The fourth-order valence-corrected chi connectivity index (χ4v) is 3.14. The van der Waals surface area contributed by atoms with Gasteiger partial charge in [0.1, 0.15) is 0 Å². The van der Waals surface area contributed by atoms with Crippen LogP contribution in [0.3, 0.4) is 0 Å². The Labute approximate surface area is 204 Å². The minimum absolute atomic E-state index is 0. The quantitative estimate of drug-likeness (QED) is 0.203. The Kier molecular flexibility index (Phi) is 11.2. The van der Waals surface area contributed by atoms with Gasteiger partial charge in [-0.05, 0) is 20.8 Å². The maximum atomic E-state index is 13.9. The summed E-state index contributed by atoms with van der Waals surface area (Å²) in [6.07, 6.45) is -11.2. The maximum absolute atomic E-state index is 13.9. The van der Waals surface area contributed by atoms with E-state index in [-0.39, 0.29) is 41.1 Å². The van der Waals surface area contributed by atoms with Crippen LogP contribution in [0.1, 0.15) is 33.6 Å². The average molecular weight is 642 g/mol. The Morgan fingerprint density at radius 2 is 0.722 bits per heavy atom. The summed E-state index contributed by atoms with van der Waals surface area (Å²) in [4.78, 5) is 0. The van der Waals surface area contributed by atoms with Crippen LogP contribution in [0, 0.1) is 0 Å². The molecule has 0 N–H and O–H groups in total. The number of halogens is 18. The van der Waals surface area contributed by atoms with Gasteiger partial charge in [0.15, 0.2) is 0 Å². The lowest BCUT2D eigenvalue weighted by molar-refractivity contribution is -0.923. The van der Waals surface area contributed by atoms with E-state index in [2.05, 4.69) is 0 Å². The first-order valence-corrected chi connectivity index (χ1v) is 9.70. The van der Waals surface area contributed by atoms with E-state index in [0.717, 1.165) is 0 Å². The molecule has 0 fully saturated rings. The van der Waals surface area contributed by atoms with Crippen LogP contribution in [0.5, 0.6) is 0 Å². The van der Waals surface area contributed by atoms with E-state index in [1.165, 1.54) is 20.8 Å². The molecular weight excluding hydrogens is 621 g/mol. The van der Waals surface area contributed by atoms with E-state index in [1.807, 2.05) is 0 Å². The molecule has 0 bridgehead atoms. The molecule has 36 heavy (non-hydrogen) atoms. The standard InChI is InChI=1S/C17H21F17N.BrH/c1-4-35(5-2,6-3)9-7-8-10(18,19)11(20,21)12(22,23)13(24,25)14(26,27)15(28,29)16(30,31)17(32,33)34;/h4-9H2,1-3H3;1H/q+1;/p-1. The molecule has 0 unspecified atom stereocenters. The normalized spacial score (nSPS) is 15.7. The molecule has 0 saturated heterocycles. The number of hydrogen-bond acceptors (Lipinski definition) is 0. The van der Waals surface area contributed by atoms with Crippen molar-refractivity contribution in [2.75, 3.05) is 26.2 Å². The zero-order valence-corrected chi connectivity index (χ0v) is 20.1. The monoisotopic (exact) mass is 641 g/mol. The third kappa shape index (κ3) is 5.51. The molecule has 0 amide bonds. The second-order valence-electron chi connectivity index (χ2n) is 7.77. The Hall–Kier alpha value is -0.750. The van der Waals surface area contributed by atoms with Crippen molar-refractivity contribution in [1.29, 1.82) is 0 Å². The molecule has 0 aromatic heterocycles. The minimum Gasteiger partial charge on any atom is -1.00 e. The van der Waals surface area contributed by atoms with Crippen LogP contribution in [-0.4, -0.2) is 78.3 Å². The van der Waals surface area contributed by atoms with E-state index in [1.54, 1.807) is 0 Å². The van der Waals surface area contributed by atoms with E-state index < -0.39 is 67.0 Å². The topological polar surface area (TPSA) is 0 Å². The molecule has 19 heteroatoms. The molecule has 0 heterocycles. The predicted molar refractivity (Wildman–Crippen MR) is 86.7 cm³/mol. The molecule has 0 radical (unpaired) electrons. The smallest absolute Gasteiger partial charge is 0.460 e. The summed E-state index contributed by atoms with van der Waals surface area (Å²) in [5.74, 6) is -55.8. The van der Waals surface area contributed by atoms with Crippen molar-refractivity contribution in [3.05, 3.63) is 0 Å². The van der Waals surface area contributed by atoms with E-state index in [9.17, 15) is 74.6 Å². The van der Waals surface area contributed by atoms with Gasteiger partial charge < -0.3 is 21.5 Å². The Bertz CT molecular complexity index is 704. The number of alkyl halides is 17. The Morgan fingerprint density at radius 3 is 1.00 bits per heavy atom. The maximum Gasteiger partial charge on any atom is 0.460 e. The summed E-state index contributed by atoms with van der Waals surface area (Å²) in [5, 5.41) is 0. The van der Waals surface area contributed by atoms with Gasteiger partial charge in [-0.15, -0.1) is 0 Å². The SMILES string of the molecule is CC[N+](CC)(CC)CCCC(F)(F)C(F)(F)C(F)(F)C(F)(F)C(F)(F)C(F)(F)C(F)(F)C(F)(F)F.[Br-]. The van der Waals surface area contributed by atoms with Gasteiger partial charge in [-0.3, -0.25) is 0 Å². The highest BCUT2D eigenvalue weighted by Crippen LogP contribution is 2.64. The summed E-state index contributed by atoms with van der Waals surface area (Å²) in [6.45, 7) is 4.76. The molecule has 0 saturated carbocycles. The minimum atomic E-state index is -8.58. The molecule has 0 aromatic rings. The summed E-state index contributed by atoms with van der Waals surface area (Å²) < 4.78 is 225. The van der Waals surface area contributed by atoms with Crippen LogP contribution < -0.4 is 17.0 Å². The van der Waals surface area contributed by atoms with Crippen molar-refractivity contribution in [2.24, 2.45) is 0 Å². The fourth-order valence-electron chi connectivity index (χ4n) is 3.14. The van der Waals surface area contributed by atoms with Gasteiger partial charge in [0.05, 0.1) is 26.2 Å². The van der Waals surface area contributed by atoms with E-state index >= 15 is 0 Å². The largest absolute Gasteiger partial charge is 1.00 e. The lowest BCUT2D eigenvalue weighted by atomic mass is 9.88. The van der Waals surface area contributed by atoms with Crippen LogP contribution in [-0.2, 0) is 0 Å². The molecule has 0 aliphatic rings. The van der Waals surface area contributed by atoms with Gasteiger partial charge in [0.25, 0.3) is 0 Å². The number of nitrogens with zero attached hydrogens (tertiary/aromatic N) is 1. The van der Waals surface area contributed by atoms with Crippen molar-refractivity contribution in [3.8, 4) is 0 Å². The van der Waals surface area contributed by atoms with Gasteiger partial charge in [0, 0.05) is 12.8 Å². The van der Waals surface area contributed by atoms with Gasteiger partial charge in [-0.2, -0.15) is 74.6 Å². The van der Waals surface area contributed by atoms with Crippen LogP contribution in [0.2, 0.25) is 0 Å². The summed E-state index contributed by atoms with van der Waals surface area (Å²) >= 11 is 0. The van der Waals surface area contributed by atoms with Crippen molar-refractivity contribution in [1.82, 2.24) is 0 Å². The lowest BCUT2D eigenvalue weighted by Crippen LogP contribution is -3.00. The molecule has 0 aliphatic carbocycles. The van der Waals surface area contributed by atoms with Crippen LogP contribution in [0.25, 0.3) is 0 Å². The fraction of sp³-hybridized carbons (Fsp3) is 1.00. The molecule has 1 nitrogen and oxygen atoms in total. The highest BCUT2D eigenvalue weighted by atomic mass is 79.9. The first kappa shape index (κ1) is 37.4. The van der Waals surface area contributed by atoms with Gasteiger partial charge in [0.2, 0.25) is 0 Å². The van der Waals surface area contributed by atoms with Crippen molar-refractivity contribution in [2.45, 2.75) is 81.2 Å². The zero-order chi connectivity index (χ0) is 28.7. The summed E-state index contributed by atoms with van der Waals surface area (Å²) in [6, 6.07) is 0. The molecule has 0 rings (SSSR count). The second-order valence-corrected chi connectivity index (χ2v) is 7.77. The first-order chi connectivity index (χ1) is 15.1. The number of quaternary nitrogens is 1. The van der Waals surface area contributed by atoms with Crippen LogP contribution >= 0.6 is 0 Å². The van der Waals surface area contributed by atoms with Crippen LogP contribution in [0.15, 0.2) is 0 Å². The molecular formula is C17H21BrF17N. The molecule has 220 valence electrons. The van der Waals surface area contributed by atoms with E-state index in [0.29, 0.717) is 0 Å². The van der Waals surface area contributed by atoms with Crippen LogP contribution in [0.4, 0.5) is 74.6 Å². The highest BCUT2D eigenvalue weighted by molar-refractivity contribution is 5.15. The van der Waals surface area contributed by atoms with Gasteiger partial charge >= 0.3 is 47.6 Å². The van der Waals surface area contributed by atoms with Gasteiger partial charge in [-0.25, -0.2) is 0 Å².